The van der Waals surface area contributed by atoms with Crippen molar-refractivity contribution in [2.75, 3.05) is 0 Å². The molecule has 0 radical (unpaired) electrons. The fourth-order valence-electron chi connectivity index (χ4n) is 2.95. The van der Waals surface area contributed by atoms with Gasteiger partial charge in [0.1, 0.15) is 0 Å². The third-order valence-corrected chi connectivity index (χ3v) is 4.32. The van der Waals surface area contributed by atoms with Crippen molar-refractivity contribution in [1.29, 1.82) is 0 Å². The summed E-state index contributed by atoms with van der Waals surface area (Å²) in [4.78, 5) is 0. The van der Waals surface area contributed by atoms with Crippen LogP contribution in [0.3, 0.4) is 0 Å². The van der Waals surface area contributed by atoms with Gasteiger partial charge in [-0.15, -0.1) is 0 Å². The van der Waals surface area contributed by atoms with E-state index in [4.69, 9.17) is 0 Å². The minimum atomic E-state index is 0.671. The van der Waals surface area contributed by atoms with Gasteiger partial charge in [-0.3, -0.25) is 0 Å². The Balaban J connectivity index is 1.83. The smallest absolute Gasteiger partial charge is 0.0165 e. The molecule has 0 heterocycles. The van der Waals surface area contributed by atoms with Gasteiger partial charge in [0.2, 0.25) is 0 Å². The molecule has 2 aromatic carbocycles. The van der Waals surface area contributed by atoms with E-state index >= 15 is 0 Å². The maximum atomic E-state index is 2.35. The lowest BCUT2D eigenvalue weighted by atomic mass is 9.88. The lowest BCUT2D eigenvalue weighted by molar-refractivity contribution is 0.529. The highest BCUT2D eigenvalue weighted by molar-refractivity contribution is 5.20. The molecule has 0 saturated carbocycles. The van der Waals surface area contributed by atoms with E-state index in [1.165, 1.54) is 36.8 Å². The third-order valence-electron chi connectivity index (χ3n) is 4.32. The van der Waals surface area contributed by atoms with E-state index in [0.717, 1.165) is 5.92 Å². The van der Waals surface area contributed by atoms with Crippen LogP contribution in [0.4, 0.5) is 0 Å². The monoisotopic (exact) mass is 266 g/mol. The van der Waals surface area contributed by atoms with E-state index in [-0.39, 0.29) is 0 Å². The SMILES string of the molecule is CCC(CCCC(C)c1ccccc1)c1ccccc1. The molecule has 0 aliphatic carbocycles. The molecular weight excluding hydrogens is 240 g/mol. The molecule has 0 spiro atoms. The number of rotatable bonds is 7. The molecule has 0 aliphatic heterocycles. The Labute approximate surface area is 123 Å². The van der Waals surface area contributed by atoms with Gasteiger partial charge in [0.15, 0.2) is 0 Å². The molecule has 0 heteroatoms. The molecule has 0 bridgehead atoms. The standard InChI is InChI=1S/C20H26/c1-3-18(20-14-8-5-9-15-20)16-10-11-17(2)19-12-6-4-7-13-19/h4-9,12-15,17-18H,3,10-11,16H2,1-2H3. The Kier molecular flexibility index (Phi) is 5.86. The Morgan fingerprint density at radius 2 is 1.30 bits per heavy atom. The highest BCUT2D eigenvalue weighted by Gasteiger charge is 2.10. The van der Waals surface area contributed by atoms with E-state index in [0.29, 0.717) is 5.92 Å². The molecule has 0 saturated heterocycles. The minimum absolute atomic E-state index is 0.671. The van der Waals surface area contributed by atoms with Crippen LogP contribution >= 0.6 is 0 Å². The Morgan fingerprint density at radius 3 is 1.85 bits per heavy atom. The summed E-state index contributed by atoms with van der Waals surface area (Å²) in [7, 11) is 0. The zero-order valence-electron chi connectivity index (χ0n) is 12.8. The number of hydrogen-bond donors (Lipinski definition) is 0. The van der Waals surface area contributed by atoms with Crippen molar-refractivity contribution in [3.63, 3.8) is 0 Å². The van der Waals surface area contributed by atoms with Crippen LogP contribution in [0.2, 0.25) is 0 Å². The average Bonchev–Trinajstić information content (AvgIpc) is 2.53. The third kappa shape index (κ3) is 4.23. The molecule has 2 atom stereocenters. The maximum absolute atomic E-state index is 2.35. The molecular formula is C20H26. The van der Waals surface area contributed by atoms with Gasteiger partial charge in [-0.2, -0.15) is 0 Å². The summed E-state index contributed by atoms with van der Waals surface area (Å²) < 4.78 is 0. The lowest BCUT2D eigenvalue weighted by Gasteiger charge is -2.17. The van der Waals surface area contributed by atoms with Crippen molar-refractivity contribution in [2.45, 2.75) is 51.4 Å². The van der Waals surface area contributed by atoms with E-state index in [1.807, 2.05) is 0 Å². The molecule has 106 valence electrons. The van der Waals surface area contributed by atoms with Gasteiger partial charge >= 0.3 is 0 Å². The second-order valence-electron chi connectivity index (χ2n) is 5.76. The molecule has 0 fully saturated rings. The van der Waals surface area contributed by atoms with Crippen LogP contribution in [0.1, 0.15) is 62.5 Å². The first-order valence-electron chi connectivity index (χ1n) is 7.91. The number of hydrogen-bond acceptors (Lipinski definition) is 0. The van der Waals surface area contributed by atoms with Crippen molar-refractivity contribution in [3.05, 3.63) is 71.8 Å². The highest BCUT2D eigenvalue weighted by atomic mass is 14.2. The molecule has 2 rings (SSSR count). The zero-order valence-corrected chi connectivity index (χ0v) is 12.8. The first-order chi connectivity index (χ1) is 9.81. The van der Waals surface area contributed by atoms with Crippen molar-refractivity contribution in [2.24, 2.45) is 0 Å². The summed E-state index contributed by atoms with van der Waals surface area (Å²) in [5.41, 5.74) is 2.97. The molecule has 0 N–H and O–H groups in total. The lowest BCUT2D eigenvalue weighted by Crippen LogP contribution is -1.99. The quantitative estimate of drug-likeness (QED) is 0.563. The van der Waals surface area contributed by atoms with Crippen LogP contribution in [-0.2, 0) is 0 Å². The molecule has 2 unspecified atom stereocenters. The summed E-state index contributed by atoms with van der Waals surface area (Å²) >= 11 is 0. The second-order valence-corrected chi connectivity index (χ2v) is 5.76. The van der Waals surface area contributed by atoms with Gasteiger partial charge < -0.3 is 0 Å². The van der Waals surface area contributed by atoms with Gasteiger partial charge in [0.05, 0.1) is 0 Å². The summed E-state index contributed by atoms with van der Waals surface area (Å²) in [6.45, 7) is 4.65. The summed E-state index contributed by atoms with van der Waals surface area (Å²) in [6.07, 6.45) is 5.14. The summed E-state index contributed by atoms with van der Waals surface area (Å²) in [6, 6.07) is 21.8. The van der Waals surface area contributed by atoms with Crippen LogP contribution in [0.15, 0.2) is 60.7 Å². The molecule has 0 nitrogen and oxygen atoms in total. The van der Waals surface area contributed by atoms with Gasteiger partial charge in [-0.25, -0.2) is 0 Å². The molecule has 0 aliphatic rings. The van der Waals surface area contributed by atoms with E-state index in [1.54, 1.807) is 0 Å². The largest absolute Gasteiger partial charge is 0.0648 e. The van der Waals surface area contributed by atoms with Gasteiger partial charge in [0.25, 0.3) is 0 Å². The second kappa shape index (κ2) is 7.89. The average molecular weight is 266 g/mol. The summed E-state index contributed by atoms with van der Waals surface area (Å²) in [5, 5.41) is 0. The predicted molar refractivity (Wildman–Crippen MR) is 88.2 cm³/mol. The van der Waals surface area contributed by atoms with Crippen molar-refractivity contribution in [1.82, 2.24) is 0 Å². The molecule has 2 aromatic rings. The van der Waals surface area contributed by atoms with Crippen LogP contribution in [0.25, 0.3) is 0 Å². The van der Waals surface area contributed by atoms with Gasteiger partial charge in [0, 0.05) is 0 Å². The fourth-order valence-corrected chi connectivity index (χ4v) is 2.95. The normalized spacial score (nSPS) is 13.9. The Hall–Kier alpha value is -1.56. The van der Waals surface area contributed by atoms with E-state index in [2.05, 4.69) is 74.5 Å². The van der Waals surface area contributed by atoms with Crippen LogP contribution < -0.4 is 0 Å². The van der Waals surface area contributed by atoms with Gasteiger partial charge in [-0.05, 0) is 42.2 Å². The molecule has 20 heavy (non-hydrogen) atoms. The topological polar surface area (TPSA) is 0 Å². The predicted octanol–water partition coefficient (Wildman–Crippen LogP) is 6.15. The first kappa shape index (κ1) is 14.8. The Bertz CT molecular complexity index is 472. The first-order valence-corrected chi connectivity index (χ1v) is 7.91. The zero-order chi connectivity index (χ0) is 14.2. The van der Waals surface area contributed by atoms with Gasteiger partial charge in [-0.1, -0.05) is 80.9 Å². The Morgan fingerprint density at radius 1 is 0.750 bits per heavy atom. The number of benzene rings is 2. The van der Waals surface area contributed by atoms with Crippen molar-refractivity contribution in [3.8, 4) is 0 Å². The van der Waals surface area contributed by atoms with E-state index in [9.17, 15) is 0 Å². The highest BCUT2D eigenvalue weighted by Crippen LogP contribution is 2.28. The molecule has 0 aromatic heterocycles. The van der Waals surface area contributed by atoms with Crippen LogP contribution in [0, 0.1) is 0 Å². The fraction of sp³-hybridized carbons (Fsp3) is 0.400. The van der Waals surface area contributed by atoms with Crippen LogP contribution in [0.5, 0.6) is 0 Å². The van der Waals surface area contributed by atoms with E-state index < -0.39 is 0 Å². The minimum Gasteiger partial charge on any atom is -0.0648 e. The summed E-state index contributed by atoms with van der Waals surface area (Å²) in [5.74, 6) is 1.39. The van der Waals surface area contributed by atoms with Crippen molar-refractivity contribution < 1.29 is 0 Å². The molecule has 0 amide bonds. The van der Waals surface area contributed by atoms with Crippen molar-refractivity contribution >= 4 is 0 Å². The van der Waals surface area contributed by atoms with Crippen LogP contribution in [-0.4, -0.2) is 0 Å². The maximum Gasteiger partial charge on any atom is -0.0165 e.